The first kappa shape index (κ1) is 23.8. The summed E-state index contributed by atoms with van der Waals surface area (Å²) in [5, 5.41) is 4.01. The highest BCUT2D eigenvalue weighted by Crippen LogP contribution is 2.32. The number of urea groups is 1. The smallest absolute Gasteiger partial charge is 0.335 e. The van der Waals surface area contributed by atoms with E-state index in [1.54, 1.807) is 24.3 Å². The lowest BCUT2D eigenvalue weighted by Gasteiger charge is -2.26. The van der Waals surface area contributed by atoms with Crippen LogP contribution >= 0.6 is 0 Å². The second-order valence-electron chi connectivity index (χ2n) is 8.36. The normalized spacial score (nSPS) is 14.7. The van der Waals surface area contributed by atoms with E-state index in [4.69, 9.17) is 9.47 Å². The Balaban J connectivity index is 1.55. The Hall–Kier alpha value is -4.91. The highest BCUT2D eigenvalue weighted by Gasteiger charge is 2.37. The van der Waals surface area contributed by atoms with Crippen molar-refractivity contribution in [1.29, 1.82) is 0 Å². The maximum absolute atomic E-state index is 13.5. The van der Waals surface area contributed by atoms with Crippen molar-refractivity contribution in [2.75, 3.05) is 11.5 Å². The molecular weight excluding hydrogens is 468 g/mol. The molecule has 0 aromatic heterocycles. The zero-order valence-electron chi connectivity index (χ0n) is 20.1. The number of rotatable bonds is 7. The molecule has 184 valence electrons. The summed E-state index contributed by atoms with van der Waals surface area (Å²) in [6.45, 7) is 2.67. The van der Waals surface area contributed by atoms with Gasteiger partial charge < -0.3 is 9.47 Å². The van der Waals surface area contributed by atoms with Gasteiger partial charge in [0.2, 0.25) is 0 Å². The minimum atomic E-state index is -0.810. The average Bonchev–Trinajstić information content (AvgIpc) is 2.92. The fourth-order valence-corrected chi connectivity index (χ4v) is 4.18. The first-order valence-corrected chi connectivity index (χ1v) is 11.9. The molecule has 1 aliphatic heterocycles. The Labute approximate surface area is 213 Å². The summed E-state index contributed by atoms with van der Waals surface area (Å²) in [5.41, 5.74) is 1.71. The zero-order valence-corrected chi connectivity index (χ0v) is 20.1. The van der Waals surface area contributed by atoms with Crippen LogP contribution in [0.3, 0.4) is 0 Å². The molecule has 37 heavy (non-hydrogen) atoms. The lowest BCUT2D eigenvalue weighted by molar-refractivity contribution is -0.122. The van der Waals surface area contributed by atoms with Crippen molar-refractivity contribution in [1.82, 2.24) is 5.32 Å². The third kappa shape index (κ3) is 4.92. The predicted molar refractivity (Wildman–Crippen MR) is 141 cm³/mol. The van der Waals surface area contributed by atoms with Gasteiger partial charge in [-0.1, -0.05) is 60.7 Å². The largest absolute Gasteiger partial charge is 0.494 e. The topological polar surface area (TPSA) is 84.9 Å². The van der Waals surface area contributed by atoms with Crippen LogP contribution in [0.15, 0.2) is 96.6 Å². The lowest BCUT2D eigenvalue weighted by atomic mass is 9.99. The fourth-order valence-electron chi connectivity index (χ4n) is 4.18. The van der Waals surface area contributed by atoms with Gasteiger partial charge in [-0.05, 0) is 59.7 Å². The molecule has 1 N–H and O–H groups in total. The number of hydrogen-bond donors (Lipinski definition) is 1. The number of carbonyl (C=O) groups is 3. The molecule has 0 spiro atoms. The summed E-state index contributed by atoms with van der Waals surface area (Å²) >= 11 is 0. The Kier molecular flexibility index (Phi) is 6.68. The van der Waals surface area contributed by atoms with Crippen LogP contribution in [0, 0.1) is 0 Å². The van der Waals surface area contributed by atoms with Crippen molar-refractivity contribution < 1.29 is 23.9 Å². The molecule has 0 aliphatic carbocycles. The standard InChI is InChI=1S/C30H24N2O5/c1-2-36-23-15-13-22(14-16-23)32-29(34)26(28(33)31-30(32)35)18-25-24-11-7-6-10-21(24)12-17-27(25)37-19-20-8-4-3-5-9-20/h3-18H,2,19H2,1H3,(H,31,33,35)/b26-18+. The van der Waals surface area contributed by atoms with E-state index in [1.165, 1.54) is 6.08 Å². The maximum Gasteiger partial charge on any atom is 0.335 e. The van der Waals surface area contributed by atoms with E-state index in [-0.39, 0.29) is 5.57 Å². The molecule has 1 saturated heterocycles. The van der Waals surface area contributed by atoms with Gasteiger partial charge in [-0.3, -0.25) is 14.9 Å². The molecule has 0 radical (unpaired) electrons. The molecular formula is C30H24N2O5. The molecule has 0 unspecified atom stereocenters. The van der Waals surface area contributed by atoms with E-state index >= 15 is 0 Å². The third-order valence-electron chi connectivity index (χ3n) is 5.96. The van der Waals surface area contributed by atoms with Crippen LogP contribution in [-0.2, 0) is 16.2 Å². The van der Waals surface area contributed by atoms with Crippen LogP contribution in [0.2, 0.25) is 0 Å². The highest BCUT2D eigenvalue weighted by atomic mass is 16.5. The molecule has 7 heteroatoms. The van der Waals surface area contributed by atoms with Crippen molar-refractivity contribution in [2.24, 2.45) is 0 Å². The zero-order chi connectivity index (χ0) is 25.8. The number of nitrogens with zero attached hydrogens (tertiary/aromatic N) is 1. The third-order valence-corrected chi connectivity index (χ3v) is 5.96. The van der Waals surface area contributed by atoms with Crippen molar-refractivity contribution >= 4 is 40.4 Å². The number of benzene rings is 4. The first-order chi connectivity index (χ1) is 18.0. The molecule has 1 heterocycles. The summed E-state index contributed by atoms with van der Waals surface area (Å²) in [4.78, 5) is 39.9. The number of ether oxygens (including phenoxy) is 2. The maximum atomic E-state index is 13.5. The molecule has 4 aromatic rings. The van der Waals surface area contributed by atoms with Crippen LogP contribution in [0.25, 0.3) is 16.8 Å². The SMILES string of the molecule is CCOc1ccc(N2C(=O)NC(=O)/C(=C\c3c(OCc4ccccc4)ccc4ccccc34)C2=O)cc1. The van der Waals surface area contributed by atoms with Crippen molar-refractivity contribution in [3.05, 3.63) is 108 Å². The summed E-state index contributed by atoms with van der Waals surface area (Å²) < 4.78 is 11.6. The number of carbonyl (C=O) groups excluding carboxylic acids is 3. The summed E-state index contributed by atoms with van der Waals surface area (Å²) in [7, 11) is 0. The fraction of sp³-hybridized carbons (Fsp3) is 0.100. The average molecular weight is 493 g/mol. The van der Waals surface area contributed by atoms with Gasteiger partial charge in [-0.25, -0.2) is 9.69 Å². The highest BCUT2D eigenvalue weighted by molar-refractivity contribution is 6.39. The van der Waals surface area contributed by atoms with Gasteiger partial charge in [0.15, 0.2) is 0 Å². The molecule has 1 fully saturated rings. The Morgan fingerprint density at radius 1 is 0.811 bits per heavy atom. The molecule has 4 aromatic carbocycles. The molecule has 1 aliphatic rings. The van der Waals surface area contributed by atoms with E-state index in [0.717, 1.165) is 21.2 Å². The van der Waals surface area contributed by atoms with Gasteiger partial charge in [0, 0.05) is 5.56 Å². The molecule has 7 nitrogen and oxygen atoms in total. The number of imide groups is 2. The van der Waals surface area contributed by atoms with Crippen LogP contribution < -0.4 is 19.7 Å². The summed E-state index contributed by atoms with van der Waals surface area (Å²) in [6, 6.07) is 26.8. The Morgan fingerprint density at radius 2 is 1.54 bits per heavy atom. The minimum absolute atomic E-state index is 0.172. The molecule has 4 amide bonds. The second-order valence-corrected chi connectivity index (χ2v) is 8.36. The lowest BCUT2D eigenvalue weighted by Crippen LogP contribution is -2.54. The van der Waals surface area contributed by atoms with Gasteiger partial charge >= 0.3 is 6.03 Å². The summed E-state index contributed by atoms with van der Waals surface area (Å²) in [5.74, 6) is -0.363. The van der Waals surface area contributed by atoms with Crippen LogP contribution in [0.5, 0.6) is 11.5 Å². The number of fused-ring (bicyclic) bond motifs is 1. The molecule has 5 rings (SSSR count). The number of amides is 4. The van der Waals surface area contributed by atoms with Gasteiger partial charge in [-0.2, -0.15) is 0 Å². The van der Waals surface area contributed by atoms with E-state index < -0.39 is 17.8 Å². The molecule has 0 saturated carbocycles. The van der Waals surface area contributed by atoms with Crippen LogP contribution in [0.1, 0.15) is 18.1 Å². The van der Waals surface area contributed by atoms with Gasteiger partial charge in [0.25, 0.3) is 11.8 Å². The van der Waals surface area contributed by atoms with Crippen LogP contribution in [-0.4, -0.2) is 24.5 Å². The number of barbiturate groups is 1. The Bertz CT molecular complexity index is 1510. The van der Waals surface area contributed by atoms with Crippen LogP contribution in [0.4, 0.5) is 10.5 Å². The van der Waals surface area contributed by atoms with Crippen molar-refractivity contribution in [3.63, 3.8) is 0 Å². The van der Waals surface area contributed by atoms with E-state index in [0.29, 0.717) is 36.0 Å². The number of anilines is 1. The molecule has 0 atom stereocenters. The molecule has 0 bridgehead atoms. The minimum Gasteiger partial charge on any atom is -0.494 e. The van der Waals surface area contributed by atoms with Crippen molar-refractivity contribution in [2.45, 2.75) is 13.5 Å². The number of hydrogen-bond acceptors (Lipinski definition) is 5. The predicted octanol–water partition coefficient (Wildman–Crippen LogP) is 5.48. The Morgan fingerprint density at radius 3 is 2.30 bits per heavy atom. The van der Waals surface area contributed by atoms with E-state index in [1.807, 2.05) is 73.7 Å². The van der Waals surface area contributed by atoms with Gasteiger partial charge in [0.05, 0.1) is 12.3 Å². The summed E-state index contributed by atoms with van der Waals surface area (Å²) in [6.07, 6.45) is 1.49. The van der Waals surface area contributed by atoms with E-state index in [9.17, 15) is 14.4 Å². The van der Waals surface area contributed by atoms with Gasteiger partial charge in [0.1, 0.15) is 23.7 Å². The first-order valence-electron chi connectivity index (χ1n) is 11.9. The van der Waals surface area contributed by atoms with Gasteiger partial charge in [-0.15, -0.1) is 0 Å². The quantitative estimate of drug-likeness (QED) is 0.273. The number of nitrogens with one attached hydrogen (secondary N) is 1. The second kappa shape index (κ2) is 10.4. The van der Waals surface area contributed by atoms with E-state index in [2.05, 4.69) is 5.32 Å². The van der Waals surface area contributed by atoms with Crippen molar-refractivity contribution in [3.8, 4) is 11.5 Å². The monoisotopic (exact) mass is 492 g/mol.